The molecular formula is C23H16FNO3. The first-order valence-corrected chi connectivity index (χ1v) is 8.47. The largest absolute Gasteiger partial charge is 0.453 e. The molecule has 0 spiro atoms. The number of carbonyl (C=O) groups excluding carboxylic acids is 1. The normalized spacial score (nSPS) is 10.2. The first-order valence-electron chi connectivity index (χ1n) is 8.47. The van der Waals surface area contributed by atoms with Crippen LogP contribution in [-0.4, -0.2) is 17.6 Å². The van der Waals surface area contributed by atoms with E-state index in [0.29, 0.717) is 11.3 Å². The maximum Gasteiger partial charge on any atom is 0.331 e. The summed E-state index contributed by atoms with van der Waals surface area (Å²) in [6.07, 6.45) is 5.78. The number of nitrogens with zero attached hydrogens (tertiary/aromatic N) is 1. The molecular weight excluding hydrogens is 357 g/mol. The number of carbonyl (C=O) groups is 1. The zero-order chi connectivity index (χ0) is 19.6. The second kappa shape index (κ2) is 9.70. The highest BCUT2D eigenvalue weighted by atomic mass is 19.1. The predicted molar refractivity (Wildman–Crippen MR) is 104 cm³/mol. The molecule has 0 saturated carbocycles. The van der Waals surface area contributed by atoms with Gasteiger partial charge in [0.25, 0.3) is 0 Å². The molecule has 0 aliphatic carbocycles. The Morgan fingerprint density at radius 1 is 1.11 bits per heavy atom. The third-order valence-corrected chi connectivity index (χ3v) is 3.52. The van der Waals surface area contributed by atoms with Gasteiger partial charge in [-0.2, -0.15) is 0 Å². The van der Waals surface area contributed by atoms with Crippen molar-refractivity contribution < 1.29 is 18.7 Å². The highest BCUT2D eigenvalue weighted by Crippen LogP contribution is 2.24. The minimum absolute atomic E-state index is 0.0235. The van der Waals surface area contributed by atoms with Gasteiger partial charge in [-0.25, -0.2) is 9.18 Å². The van der Waals surface area contributed by atoms with Crippen molar-refractivity contribution in [2.75, 3.05) is 6.61 Å². The van der Waals surface area contributed by atoms with Crippen molar-refractivity contribution in [2.24, 2.45) is 0 Å². The van der Waals surface area contributed by atoms with Gasteiger partial charge in [0, 0.05) is 17.8 Å². The summed E-state index contributed by atoms with van der Waals surface area (Å²) in [5.41, 5.74) is 1.35. The van der Waals surface area contributed by atoms with Gasteiger partial charge in [0.05, 0.1) is 6.20 Å². The summed E-state index contributed by atoms with van der Waals surface area (Å²) in [7, 11) is 0. The molecule has 0 bridgehead atoms. The van der Waals surface area contributed by atoms with Crippen LogP contribution < -0.4 is 4.74 Å². The van der Waals surface area contributed by atoms with E-state index in [0.717, 1.165) is 5.56 Å². The highest BCUT2D eigenvalue weighted by molar-refractivity contribution is 5.87. The molecule has 2 aromatic carbocycles. The lowest BCUT2D eigenvalue weighted by Gasteiger charge is -2.06. The van der Waals surface area contributed by atoms with Crippen LogP contribution in [0.1, 0.15) is 11.1 Å². The second-order valence-electron chi connectivity index (χ2n) is 5.59. The average Bonchev–Trinajstić information content (AvgIpc) is 2.73. The SMILES string of the molecule is O=C(/C=C/c1ccc(Oc2cccnc2)c(F)c1)OCC#Cc1ccccc1. The van der Waals surface area contributed by atoms with Crippen molar-refractivity contribution >= 4 is 12.0 Å². The summed E-state index contributed by atoms with van der Waals surface area (Å²) in [5.74, 6) is 5.05. The van der Waals surface area contributed by atoms with Gasteiger partial charge in [-0.05, 0) is 48.0 Å². The number of esters is 1. The standard InChI is InChI=1S/C23H16FNO3/c24-21-16-19(10-12-22(21)28-20-9-4-14-25-17-20)11-13-23(26)27-15-5-8-18-6-2-1-3-7-18/h1-4,6-7,9-14,16-17H,15H2/b13-11+. The van der Waals surface area contributed by atoms with Crippen LogP contribution in [0.3, 0.4) is 0 Å². The lowest BCUT2D eigenvalue weighted by molar-refractivity contribution is -0.136. The van der Waals surface area contributed by atoms with Gasteiger partial charge in [0.2, 0.25) is 0 Å². The fourth-order valence-corrected chi connectivity index (χ4v) is 2.22. The third kappa shape index (κ3) is 5.82. The molecule has 3 rings (SSSR count). The van der Waals surface area contributed by atoms with Gasteiger partial charge < -0.3 is 9.47 Å². The molecule has 0 fully saturated rings. The number of halogens is 1. The van der Waals surface area contributed by atoms with E-state index in [-0.39, 0.29) is 12.4 Å². The Kier molecular flexibility index (Phi) is 6.53. The van der Waals surface area contributed by atoms with E-state index in [1.807, 2.05) is 30.3 Å². The number of pyridine rings is 1. The average molecular weight is 373 g/mol. The molecule has 28 heavy (non-hydrogen) atoms. The Balaban J connectivity index is 1.53. The molecule has 0 amide bonds. The van der Waals surface area contributed by atoms with Crippen LogP contribution >= 0.6 is 0 Å². The zero-order valence-corrected chi connectivity index (χ0v) is 14.8. The molecule has 1 aromatic heterocycles. The van der Waals surface area contributed by atoms with Crippen LogP contribution in [-0.2, 0) is 9.53 Å². The van der Waals surface area contributed by atoms with Crippen molar-refractivity contribution in [3.63, 3.8) is 0 Å². The van der Waals surface area contributed by atoms with Crippen LogP contribution in [0.2, 0.25) is 0 Å². The molecule has 0 aliphatic rings. The van der Waals surface area contributed by atoms with Crippen LogP contribution in [0.25, 0.3) is 6.08 Å². The minimum Gasteiger partial charge on any atom is -0.453 e. The molecule has 0 unspecified atom stereocenters. The van der Waals surface area contributed by atoms with Crippen molar-refractivity contribution in [1.82, 2.24) is 4.98 Å². The van der Waals surface area contributed by atoms with E-state index in [2.05, 4.69) is 16.8 Å². The molecule has 0 radical (unpaired) electrons. The number of rotatable bonds is 5. The molecule has 0 N–H and O–H groups in total. The molecule has 0 saturated heterocycles. The summed E-state index contributed by atoms with van der Waals surface area (Å²) in [5, 5.41) is 0. The Labute approximate surface area is 162 Å². The van der Waals surface area contributed by atoms with E-state index in [1.54, 1.807) is 24.4 Å². The number of aromatic nitrogens is 1. The highest BCUT2D eigenvalue weighted by Gasteiger charge is 2.05. The quantitative estimate of drug-likeness (QED) is 0.372. The van der Waals surface area contributed by atoms with Gasteiger partial charge in [0.1, 0.15) is 5.75 Å². The van der Waals surface area contributed by atoms with E-state index in [1.165, 1.54) is 30.5 Å². The van der Waals surface area contributed by atoms with E-state index >= 15 is 0 Å². The number of benzene rings is 2. The van der Waals surface area contributed by atoms with E-state index in [4.69, 9.17) is 9.47 Å². The van der Waals surface area contributed by atoms with Gasteiger partial charge in [-0.15, -0.1) is 0 Å². The van der Waals surface area contributed by atoms with Crippen molar-refractivity contribution in [3.8, 4) is 23.3 Å². The molecule has 1 heterocycles. The van der Waals surface area contributed by atoms with Crippen LogP contribution in [0.15, 0.2) is 79.1 Å². The summed E-state index contributed by atoms with van der Waals surface area (Å²) in [6.45, 7) is -0.0235. The van der Waals surface area contributed by atoms with Crippen molar-refractivity contribution in [2.45, 2.75) is 0 Å². The van der Waals surface area contributed by atoms with Crippen molar-refractivity contribution in [1.29, 1.82) is 0 Å². The molecule has 138 valence electrons. The maximum atomic E-state index is 14.2. The van der Waals surface area contributed by atoms with Gasteiger partial charge in [-0.1, -0.05) is 36.1 Å². The minimum atomic E-state index is -0.557. The molecule has 4 nitrogen and oxygen atoms in total. The maximum absolute atomic E-state index is 14.2. The first kappa shape index (κ1) is 18.9. The van der Waals surface area contributed by atoms with Crippen molar-refractivity contribution in [3.05, 3.63) is 96.1 Å². The Bertz CT molecular complexity index is 1020. The van der Waals surface area contributed by atoms with Crippen LogP contribution in [0, 0.1) is 17.7 Å². The summed E-state index contributed by atoms with van der Waals surface area (Å²) in [6, 6.07) is 17.1. The van der Waals surface area contributed by atoms with E-state index in [9.17, 15) is 9.18 Å². The fraction of sp³-hybridized carbons (Fsp3) is 0.0435. The van der Waals surface area contributed by atoms with Gasteiger partial charge in [0.15, 0.2) is 18.2 Å². The monoisotopic (exact) mass is 373 g/mol. The Morgan fingerprint density at radius 3 is 2.71 bits per heavy atom. The molecule has 3 aromatic rings. The predicted octanol–water partition coefficient (Wildman–Crippen LogP) is 4.62. The number of ether oxygens (including phenoxy) is 2. The lowest BCUT2D eigenvalue weighted by atomic mass is 10.2. The molecule has 5 heteroatoms. The van der Waals surface area contributed by atoms with Crippen LogP contribution in [0.4, 0.5) is 4.39 Å². The Hall–Kier alpha value is -3.91. The number of hydrogen-bond acceptors (Lipinski definition) is 4. The van der Waals surface area contributed by atoms with Gasteiger partial charge >= 0.3 is 5.97 Å². The zero-order valence-electron chi connectivity index (χ0n) is 14.8. The summed E-state index contributed by atoms with van der Waals surface area (Å²) >= 11 is 0. The third-order valence-electron chi connectivity index (χ3n) is 3.52. The van der Waals surface area contributed by atoms with E-state index < -0.39 is 11.8 Å². The first-order chi connectivity index (χ1) is 13.7. The molecule has 0 aliphatic heterocycles. The lowest BCUT2D eigenvalue weighted by Crippen LogP contribution is -2.00. The second-order valence-corrected chi connectivity index (χ2v) is 5.59. The Morgan fingerprint density at radius 2 is 1.96 bits per heavy atom. The number of hydrogen-bond donors (Lipinski definition) is 0. The topological polar surface area (TPSA) is 48.4 Å². The smallest absolute Gasteiger partial charge is 0.331 e. The fourth-order valence-electron chi connectivity index (χ4n) is 2.22. The van der Waals surface area contributed by atoms with Gasteiger partial charge in [-0.3, -0.25) is 4.98 Å². The summed E-state index contributed by atoms with van der Waals surface area (Å²) < 4.78 is 24.6. The summed E-state index contributed by atoms with van der Waals surface area (Å²) in [4.78, 5) is 15.6. The molecule has 0 atom stereocenters. The van der Waals surface area contributed by atoms with Crippen LogP contribution in [0.5, 0.6) is 11.5 Å².